The van der Waals surface area contributed by atoms with Gasteiger partial charge in [-0.15, -0.1) is 10.1 Å². The molecule has 0 N–H and O–H groups in total. The smallest absolute Gasteiger partial charge is 0.377 e. The predicted octanol–water partition coefficient (Wildman–Crippen LogP) is 0.902. The molecule has 1 rings (SSSR count). The van der Waals surface area contributed by atoms with Gasteiger partial charge in [0.15, 0.2) is 14.8 Å². The van der Waals surface area contributed by atoms with Gasteiger partial charge in [-0.25, -0.2) is 0 Å². The Labute approximate surface area is 139 Å². The second-order valence-corrected chi connectivity index (χ2v) is 4.17. The molecule has 0 saturated heterocycles. The molecule has 14 nitrogen and oxygen atoms in total. The van der Waals surface area contributed by atoms with Gasteiger partial charge in [0.05, 0.1) is 6.61 Å². The highest BCUT2D eigenvalue weighted by atomic mass is 17.0. The van der Waals surface area contributed by atoms with Crippen molar-refractivity contribution in [3.05, 3.63) is 76.4 Å². The Bertz CT molecular complexity index is 572. The van der Waals surface area contributed by atoms with E-state index in [-0.39, 0.29) is 0 Å². The van der Waals surface area contributed by atoms with Gasteiger partial charge in [-0.2, -0.15) is 0 Å². The van der Waals surface area contributed by atoms with Gasteiger partial charge in [-0.1, -0.05) is 30.3 Å². The van der Waals surface area contributed by atoms with Crippen LogP contribution in [0.1, 0.15) is 12.5 Å². The van der Waals surface area contributed by atoms with Crippen LogP contribution in [0.3, 0.4) is 0 Å². The Kier molecular flexibility index (Phi) is 8.95. The molecule has 0 saturated carbocycles. The fraction of sp³-hybridized carbons (Fsp3) is 0.455. The lowest BCUT2D eigenvalue weighted by molar-refractivity contribution is -0.981. The summed E-state index contributed by atoms with van der Waals surface area (Å²) in [6, 6.07) is 10.2. The summed E-state index contributed by atoms with van der Waals surface area (Å²) in [5.74, 6) is -3.97. The van der Waals surface area contributed by atoms with Crippen LogP contribution in [-0.4, -0.2) is 38.9 Å². The van der Waals surface area contributed by atoms with E-state index in [1.165, 1.54) is 5.56 Å². The van der Waals surface area contributed by atoms with Crippen LogP contribution in [0.4, 0.5) is 0 Å². The summed E-state index contributed by atoms with van der Waals surface area (Å²) in [4.78, 5) is 37.7. The number of nitrogens with zero attached hydrogens (tertiary/aromatic N) is 4. The fourth-order valence-corrected chi connectivity index (χ4v) is 1.29. The van der Waals surface area contributed by atoms with Gasteiger partial charge in [0.1, 0.15) is 0 Å². The highest BCUT2D eigenvalue weighted by Gasteiger charge is 2.71. The summed E-state index contributed by atoms with van der Waals surface area (Å²) in [6.07, 6.45) is 0. The number of rotatable bonds is 9. The maximum Gasteiger partial charge on any atom is 0.723 e. The molecule has 0 amide bonds. The first-order valence-corrected chi connectivity index (χ1v) is 6.50. The molecule has 0 aliphatic carbocycles. The molecule has 0 aromatic heterocycles. The Hall–Kier alpha value is -3.42. The average molecular weight is 362 g/mol. The van der Waals surface area contributed by atoms with Gasteiger partial charge in [0.25, 0.3) is 5.09 Å². The van der Waals surface area contributed by atoms with Gasteiger partial charge in [0.2, 0.25) is 0 Å². The minimum atomic E-state index is -3.97. The number of hydrogen-bond acceptors (Lipinski definition) is 10. The normalized spacial score (nSPS) is 10.1. The molecule has 14 heteroatoms. The molecule has 0 bridgehead atoms. The van der Waals surface area contributed by atoms with Crippen molar-refractivity contribution in [3.8, 4) is 0 Å². The van der Waals surface area contributed by atoms with Crippen molar-refractivity contribution >= 4 is 0 Å². The van der Waals surface area contributed by atoms with Crippen LogP contribution >= 0.6 is 0 Å². The minimum absolute atomic E-state index is 0.733. The van der Waals surface area contributed by atoms with Crippen LogP contribution in [0.25, 0.3) is 0 Å². The van der Waals surface area contributed by atoms with Crippen molar-refractivity contribution in [3.63, 3.8) is 0 Å². The number of ether oxygens (including phenoxy) is 1. The molecule has 0 spiro atoms. The SMILES string of the molecule is CCOCc1ccccc1.O=[N+]([O-])OCC([N+](=O)[O-])([N+](=O)[O-])[N+](=O)[O-]. The molecule has 0 unspecified atom stereocenters. The van der Waals surface area contributed by atoms with E-state index >= 15 is 0 Å². The zero-order valence-electron chi connectivity index (χ0n) is 12.9. The second kappa shape index (κ2) is 10.4. The summed E-state index contributed by atoms with van der Waals surface area (Å²) in [6.45, 7) is 1.61. The molecule has 1 aromatic rings. The van der Waals surface area contributed by atoms with Crippen molar-refractivity contribution in [2.75, 3.05) is 13.2 Å². The zero-order chi connectivity index (χ0) is 19.5. The monoisotopic (exact) mass is 362 g/mol. The molecule has 0 aliphatic heterocycles. The lowest BCUT2D eigenvalue weighted by Gasteiger charge is -2.06. The molecule has 0 radical (unpaired) electrons. The molecule has 25 heavy (non-hydrogen) atoms. The van der Waals surface area contributed by atoms with E-state index in [2.05, 4.69) is 17.0 Å². The standard InChI is InChI=1S/C9H12O.C2H2N4O9/c1-2-10-8-9-6-4-3-5-7-9;7-3(8)2(4(9)10,5(11)12)1-15-6(13)14/h3-7H,2,8H2,1H3;1H2. The van der Waals surface area contributed by atoms with Crippen LogP contribution in [-0.2, 0) is 16.2 Å². The maximum atomic E-state index is 10.1. The summed E-state index contributed by atoms with van der Waals surface area (Å²) in [5.41, 5.74) is 1.24. The summed E-state index contributed by atoms with van der Waals surface area (Å²) in [7, 11) is 0. The predicted molar refractivity (Wildman–Crippen MR) is 78.4 cm³/mol. The lowest BCUT2D eigenvalue weighted by atomic mass is 10.2. The first-order valence-electron chi connectivity index (χ1n) is 6.50. The van der Waals surface area contributed by atoms with E-state index in [0.717, 1.165) is 13.2 Å². The number of hydrogen-bond donors (Lipinski definition) is 0. The first kappa shape index (κ1) is 21.6. The Balaban J connectivity index is 0.000000496. The average Bonchev–Trinajstić information content (AvgIpc) is 2.53. The molecular weight excluding hydrogens is 348 g/mol. The maximum absolute atomic E-state index is 10.1. The van der Waals surface area contributed by atoms with E-state index < -0.39 is 32.3 Å². The van der Waals surface area contributed by atoms with Crippen LogP contribution < -0.4 is 0 Å². The van der Waals surface area contributed by atoms with E-state index in [0.29, 0.717) is 0 Å². The lowest BCUT2D eigenvalue weighted by Crippen LogP contribution is -2.57. The number of nitro groups is 3. The van der Waals surface area contributed by atoms with Gasteiger partial charge in [-0.05, 0) is 12.5 Å². The van der Waals surface area contributed by atoms with Crippen molar-refractivity contribution in [1.29, 1.82) is 0 Å². The molecule has 0 heterocycles. The third-order valence-electron chi connectivity index (χ3n) is 2.56. The fourth-order valence-electron chi connectivity index (χ4n) is 1.29. The van der Waals surface area contributed by atoms with Crippen LogP contribution in [0, 0.1) is 40.5 Å². The zero-order valence-corrected chi connectivity index (χ0v) is 12.9. The van der Waals surface area contributed by atoms with Crippen molar-refractivity contribution in [2.45, 2.75) is 19.3 Å². The van der Waals surface area contributed by atoms with Crippen LogP contribution in [0.2, 0.25) is 0 Å². The molecule has 1 aromatic carbocycles. The first-order chi connectivity index (χ1) is 11.7. The largest absolute Gasteiger partial charge is 0.723 e. The molecule has 0 aliphatic rings. The molecule has 0 atom stereocenters. The molecular formula is C11H14N4O10. The third kappa shape index (κ3) is 6.69. The Morgan fingerprint density at radius 2 is 1.40 bits per heavy atom. The highest BCUT2D eigenvalue weighted by Crippen LogP contribution is 2.12. The van der Waals surface area contributed by atoms with E-state index in [1.54, 1.807) is 0 Å². The van der Waals surface area contributed by atoms with Gasteiger partial charge in [-0.3, -0.25) is 35.2 Å². The Morgan fingerprint density at radius 3 is 1.76 bits per heavy atom. The van der Waals surface area contributed by atoms with Crippen molar-refractivity contribution in [2.24, 2.45) is 0 Å². The summed E-state index contributed by atoms with van der Waals surface area (Å²) < 4.78 is 5.22. The van der Waals surface area contributed by atoms with Gasteiger partial charge in [0, 0.05) is 6.61 Å². The summed E-state index contributed by atoms with van der Waals surface area (Å²) >= 11 is 0. The van der Waals surface area contributed by atoms with Crippen molar-refractivity contribution < 1.29 is 29.4 Å². The van der Waals surface area contributed by atoms with Crippen LogP contribution in [0.5, 0.6) is 0 Å². The van der Waals surface area contributed by atoms with Crippen molar-refractivity contribution in [1.82, 2.24) is 0 Å². The third-order valence-corrected chi connectivity index (χ3v) is 2.56. The Morgan fingerprint density at radius 1 is 0.920 bits per heavy atom. The van der Waals surface area contributed by atoms with E-state index in [4.69, 9.17) is 4.74 Å². The highest BCUT2D eigenvalue weighted by molar-refractivity contribution is 5.13. The minimum Gasteiger partial charge on any atom is -0.377 e. The van der Waals surface area contributed by atoms with Gasteiger partial charge < -0.3 is 4.74 Å². The topological polar surface area (TPSA) is 191 Å². The quantitative estimate of drug-likeness (QED) is 0.346. The second-order valence-electron chi connectivity index (χ2n) is 4.17. The van der Waals surface area contributed by atoms with Gasteiger partial charge >= 0.3 is 12.4 Å². The molecule has 138 valence electrons. The van der Waals surface area contributed by atoms with E-state index in [1.807, 2.05) is 25.1 Å². The number of benzene rings is 1. The van der Waals surface area contributed by atoms with E-state index in [9.17, 15) is 40.5 Å². The van der Waals surface area contributed by atoms with Crippen LogP contribution in [0.15, 0.2) is 30.3 Å². The molecule has 0 fully saturated rings. The summed E-state index contributed by atoms with van der Waals surface area (Å²) in [5, 5.41) is 38.4.